The minimum atomic E-state index is -3.54. The molecular weight excluding hydrogens is 362 g/mol. The summed E-state index contributed by atoms with van der Waals surface area (Å²) >= 11 is 0. The third-order valence-corrected chi connectivity index (χ3v) is 5.59. The fraction of sp³-hybridized carbons (Fsp3) is 0.438. The fourth-order valence-corrected chi connectivity index (χ4v) is 3.80. The molecule has 1 aromatic heterocycles. The lowest BCUT2D eigenvalue weighted by molar-refractivity contribution is -0.132. The van der Waals surface area contributed by atoms with E-state index in [2.05, 4.69) is 4.98 Å². The summed E-state index contributed by atoms with van der Waals surface area (Å²) in [6.45, 7) is 1.28. The number of carbonyl (C=O) groups is 2. The average Bonchev–Trinajstić information content (AvgIpc) is 2.64. The van der Waals surface area contributed by atoms with Gasteiger partial charge in [0.25, 0.3) is 0 Å². The molecule has 2 rings (SSSR count). The van der Waals surface area contributed by atoms with Gasteiger partial charge in [0.15, 0.2) is 0 Å². The van der Waals surface area contributed by atoms with Crippen molar-refractivity contribution in [1.82, 2.24) is 14.2 Å². The molecule has 0 saturated carbocycles. The third kappa shape index (κ3) is 6.21. The first-order valence-electron chi connectivity index (χ1n) is 8.04. The lowest BCUT2D eigenvalue weighted by Crippen LogP contribution is -2.44. The fourth-order valence-electron chi connectivity index (χ4n) is 2.38. The molecule has 1 fully saturated rings. The Bertz CT molecular complexity index is 745. The Morgan fingerprint density at radius 1 is 1.27 bits per heavy atom. The zero-order valence-electron chi connectivity index (χ0n) is 14.2. The van der Waals surface area contributed by atoms with Crippen LogP contribution in [-0.4, -0.2) is 78.2 Å². The number of carboxylic acid groups (broad SMARTS) is 1. The predicted molar refractivity (Wildman–Crippen MR) is 92.6 cm³/mol. The highest BCUT2D eigenvalue weighted by atomic mass is 32.2. The molecule has 0 aliphatic carbocycles. The van der Waals surface area contributed by atoms with Gasteiger partial charge in [-0.1, -0.05) is 6.07 Å². The molecule has 26 heavy (non-hydrogen) atoms. The van der Waals surface area contributed by atoms with Gasteiger partial charge in [0.1, 0.15) is 0 Å². The number of hydrogen-bond donors (Lipinski definition) is 1. The molecule has 2 heterocycles. The minimum Gasteiger partial charge on any atom is -0.478 e. The van der Waals surface area contributed by atoms with E-state index in [1.165, 1.54) is 9.21 Å². The van der Waals surface area contributed by atoms with Crippen molar-refractivity contribution in [1.29, 1.82) is 0 Å². The van der Waals surface area contributed by atoms with Gasteiger partial charge >= 0.3 is 5.97 Å². The van der Waals surface area contributed by atoms with Gasteiger partial charge in [-0.25, -0.2) is 13.2 Å². The SMILES string of the molecule is O=C(O)/C=C/C(=O)N(CCS(=O)(=O)N1CCOCC1)Cc1ccccn1. The van der Waals surface area contributed by atoms with Crippen LogP contribution in [0.5, 0.6) is 0 Å². The quantitative estimate of drug-likeness (QED) is 0.613. The summed E-state index contributed by atoms with van der Waals surface area (Å²) in [5.74, 6) is -2.10. The number of carbonyl (C=O) groups excluding carboxylic acids is 1. The van der Waals surface area contributed by atoms with Gasteiger partial charge in [0, 0.05) is 38.0 Å². The largest absolute Gasteiger partial charge is 0.478 e. The van der Waals surface area contributed by atoms with E-state index >= 15 is 0 Å². The number of aromatic nitrogens is 1. The Morgan fingerprint density at radius 3 is 2.62 bits per heavy atom. The van der Waals surface area contributed by atoms with Gasteiger partial charge < -0.3 is 14.7 Å². The molecule has 1 aromatic rings. The van der Waals surface area contributed by atoms with Crippen LogP contribution in [0.4, 0.5) is 0 Å². The highest BCUT2D eigenvalue weighted by Crippen LogP contribution is 2.08. The number of pyridine rings is 1. The number of nitrogens with zero attached hydrogens (tertiary/aromatic N) is 3. The third-order valence-electron chi connectivity index (χ3n) is 3.74. The van der Waals surface area contributed by atoms with Crippen LogP contribution in [0.25, 0.3) is 0 Å². The molecule has 142 valence electrons. The van der Waals surface area contributed by atoms with Crippen molar-refractivity contribution in [3.8, 4) is 0 Å². The normalized spacial score (nSPS) is 15.8. The van der Waals surface area contributed by atoms with E-state index in [0.29, 0.717) is 18.9 Å². The molecule has 1 amide bonds. The van der Waals surface area contributed by atoms with Gasteiger partial charge in [-0.3, -0.25) is 9.78 Å². The first-order chi connectivity index (χ1) is 12.4. The standard InChI is InChI=1S/C16H21N3O6S/c20-15(4-5-16(21)22)18(13-14-3-1-2-6-17-14)9-12-26(23,24)19-7-10-25-11-8-19/h1-6H,7-13H2,(H,21,22)/b5-4+. The van der Waals surface area contributed by atoms with Crippen LogP contribution in [0.2, 0.25) is 0 Å². The van der Waals surface area contributed by atoms with E-state index < -0.39 is 21.9 Å². The molecule has 0 radical (unpaired) electrons. The second-order valence-electron chi connectivity index (χ2n) is 5.58. The number of rotatable bonds is 8. The van der Waals surface area contributed by atoms with Crippen molar-refractivity contribution in [2.45, 2.75) is 6.54 Å². The Morgan fingerprint density at radius 2 is 2.00 bits per heavy atom. The van der Waals surface area contributed by atoms with E-state index in [4.69, 9.17) is 9.84 Å². The van der Waals surface area contributed by atoms with Crippen LogP contribution in [0.15, 0.2) is 36.5 Å². The van der Waals surface area contributed by atoms with Gasteiger partial charge in [-0.2, -0.15) is 4.31 Å². The van der Waals surface area contributed by atoms with Gasteiger partial charge in [0.05, 0.1) is 31.2 Å². The van der Waals surface area contributed by atoms with E-state index in [0.717, 1.165) is 12.2 Å². The highest BCUT2D eigenvalue weighted by Gasteiger charge is 2.25. The van der Waals surface area contributed by atoms with Gasteiger partial charge in [-0.15, -0.1) is 0 Å². The number of amides is 1. The number of hydrogen-bond acceptors (Lipinski definition) is 6. The number of aliphatic carboxylic acids is 1. The summed E-state index contributed by atoms with van der Waals surface area (Å²) in [7, 11) is -3.54. The lowest BCUT2D eigenvalue weighted by atomic mass is 10.3. The number of sulfonamides is 1. The number of carboxylic acids is 1. The summed E-state index contributed by atoms with van der Waals surface area (Å²) in [4.78, 5) is 28.3. The topological polar surface area (TPSA) is 117 Å². The zero-order chi connectivity index (χ0) is 19.0. The summed E-state index contributed by atoms with van der Waals surface area (Å²) in [6.07, 6.45) is 3.20. The van der Waals surface area contributed by atoms with Gasteiger partial charge in [0.2, 0.25) is 15.9 Å². The van der Waals surface area contributed by atoms with Crippen molar-refractivity contribution in [3.63, 3.8) is 0 Å². The number of ether oxygens (including phenoxy) is 1. The lowest BCUT2D eigenvalue weighted by Gasteiger charge is -2.27. The highest BCUT2D eigenvalue weighted by molar-refractivity contribution is 7.89. The Kier molecular flexibility index (Phi) is 7.25. The van der Waals surface area contributed by atoms with Crippen LogP contribution in [0.3, 0.4) is 0 Å². The molecule has 1 aliphatic heterocycles. The van der Waals surface area contributed by atoms with Crippen molar-refractivity contribution in [2.75, 3.05) is 38.6 Å². The van der Waals surface area contributed by atoms with Crippen LogP contribution in [0, 0.1) is 0 Å². The van der Waals surface area contributed by atoms with Crippen LogP contribution >= 0.6 is 0 Å². The molecule has 1 aliphatic rings. The first kappa shape index (κ1) is 20.0. The van der Waals surface area contributed by atoms with Gasteiger partial charge in [-0.05, 0) is 12.1 Å². The van der Waals surface area contributed by atoms with Crippen LogP contribution < -0.4 is 0 Å². The van der Waals surface area contributed by atoms with Crippen molar-refractivity contribution in [2.24, 2.45) is 0 Å². The molecule has 0 unspecified atom stereocenters. The molecule has 9 nitrogen and oxygen atoms in total. The maximum absolute atomic E-state index is 12.4. The molecule has 1 N–H and O–H groups in total. The second kappa shape index (κ2) is 9.41. The Labute approximate surface area is 151 Å². The summed E-state index contributed by atoms with van der Waals surface area (Å²) in [5, 5.41) is 8.68. The average molecular weight is 383 g/mol. The maximum atomic E-state index is 12.4. The van der Waals surface area contributed by atoms with Crippen molar-refractivity contribution < 1.29 is 27.9 Å². The molecule has 10 heteroatoms. The molecule has 0 atom stereocenters. The maximum Gasteiger partial charge on any atom is 0.328 e. The van der Waals surface area contributed by atoms with E-state index in [9.17, 15) is 18.0 Å². The monoisotopic (exact) mass is 383 g/mol. The van der Waals surface area contributed by atoms with E-state index in [-0.39, 0.29) is 31.9 Å². The van der Waals surface area contributed by atoms with Crippen LogP contribution in [-0.2, 0) is 30.9 Å². The zero-order valence-corrected chi connectivity index (χ0v) is 15.0. The summed E-state index contributed by atoms with van der Waals surface area (Å²) in [6, 6.07) is 5.18. The Balaban J connectivity index is 2.07. The second-order valence-corrected chi connectivity index (χ2v) is 7.67. The Hall–Kier alpha value is -2.30. The molecule has 0 aromatic carbocycles. The molecule has 0 spiro atoms. The molecular formula is C16H21N3O6S. The van der Waals surface area contributed by atoms with Crippen molar-refractivity contribution >= 4 is 21.9 Å². The smallest absolute Gasteiger partial charge is 0.328 e. The summed E-state index contributed by atoms with van der Waals surface area (Å²) in [5.41, 5.74) is 0.577. The first-order valence-corrected chi connectivity index (χ1v) is 9.65. The van der Waals surface area contributed by atoms with E-state index in [1.807, 2.05) is 0 Å². The molecule has 0 bridgehead atoms. The van der Waals surface area contributed by atoms with E-state index in [1.54, 1.807) is 24.4 Å². The summed E-state index contributed by atoms with van der Waals surface area (Å²) < 4.78 is 31.4. The minimum absolute atomic E-state index is 0.0704. The number of morpholine rings is 1. The predicted octanol–water partition coefficient (Wildman–Crippen LogP) is -0.287. The van der Waals surface area contributed by atoms with Crippen molar-refractivity contribution in [3.05, 3.63) is 42.2 Å². The van der Waals surface area contributed by atoms with Crippen LogP contribution in [0.1, 0.15) is 5.69 Å². The molecule has 1 saturated heterocycles.